The second kappa shape index (κ2) is 4.80. The number of H-pyrrole nitrogens is 1. The number of thioether (sulfide) groups is 1. The van der Waals surface area contributed by atoms with Crippen molar-refractivity contribution in [3.8, 4) is 0 Å². The molecule has 0 atom stereocenters. The summed E-state index contributed by atoms with van der Waals surface area (Å²) in [6.07, 6.45) is 1.09. The minimum Gasteiger partial charge on any atom is -0.477 e. The molecule has 0 saturated carbocycles. The van der Waals surface area contributed by atoms with E-state index in [1.807, 2.05) is 6.92 Å². The maximum Gasteiger partial charge on any atom is 0.342 e. The summed E-state index contributed by atoms with van der Waals surface area (Å²) < 4.78 is 0. The highest BCUT2D eigenvalue weighted by Gasteiger charge is 2.09. The van der Waals surface area contributed by atoms with Gasteiger partial charge >= 0.3 is 5.97 Å². The van der Waals surface area contributed by atoms with Crippen LogP contribution in [-0.4, -0.2) is 26.8 Å². The predicted molar refractivity (Wildman–Crippen MR) is 53.7 cm³/mol. The van der Waals surface area contributed by atoms with Crippen molar-refractivity contribution in [2.24, 2.45) is 0 Å². The van der Waals surface area contributed by atoms with Crippen molar-refractivity contribution in [2.45, 2.75) is 12.7 Å². The molecular formula is C8H10N2O3S. The fraction of sp³-hybridized carbons (Fsp3) is 0.375. The van der Waals surface area contributed by atoms with Crippen molar-refractivity contribution in [2.75, 3.05) is 5.75 Å². The number of aromatic nitrogens is 2. The zero-order valence-corrected chi connectivity index (χ0v) is 8.43. The molecular weight excluding hydrogens is 204 g/mol. The van der Waals surface area contributed by atoms with Gasteiger partial charge in [0.15, 0.2) is 0 Å². The minimum atomic E-state index is -1.26. The summed E-state index contributed by atoms with van der Waals surface area (Å²) in [5, 5.41) is 8.57. The normalized spacial score (nSPS) is 10.1. The van der Waals surface area contributed by atoms with Crippen molar-refractivity contribution in [3.63, 3.8) is 0 Å². The van der Waals surface area contributed by atoms with Crippen LogP contribution in [0.1, 0.15) is 23.1 Å². The summed E-state index contributed by atoms with van der Waals surface area (Å²) >= 11 is 1.60. The van der Waals surface area contributed by atoms with E-state index < -0.39 is 11.5 Å². The first-order valence-electron chi connectivity index (χ1n) is 4.04. The second-order valence-corrected chi connectivity index (χ2v) is 3.79. The van der Waals surface area contributed by atoms with Crippen LogP contribution in [0.5, 0.6) is 0 Å². The summed E-state index contributed by atoms with van der Waals surface area (Å²) in [5.74, 6) is 0.760. The molecule has 0 unspecified atom stereocenters. The molecule has 0 fully saturated rings. The van der Waals surface area contributed by atoms with Crippen LogP contribution in [0.4, 0.5) is 0 Å². The lowest BCUT2D eigenvalue weighted by Gasteiger charge is -1.98. The fourth-order valence-electron chi connectivity index (χ4n) is 0.856. The zero-order valence-electron chi connectivity index (χ0n) is 7.61. The topological polar surface area (TPSA) is 83.0 Å². The number of carboxylic acid groups (broad SMARTS) is 1. The number of nitrogens with zero attached hydrogens (tertiary/aromatic N) is 1. The van der Waals surface area contributed by atoms with Crippen LogP contribution in [0.25, 0.3) is 0 Å². The van der Waals surface area contributed by atoms with Gasteiger partial charge in [0.25, 0.3) is 5.56 Å². The highest BCUT2D eigenvalue weighted by molar-refractivity contribution is 7.98. The Labute approximate surface area is 84.6 Å². The summed E-state index contributed by atoms with van der Waals surface area (Å²) in [5.41, 5.74) is -0.922. The number of nitrogens with one attached hydrogen (secondary N) is 1. The Morgan fingerprint density at radius 2 is 2.43 bits per heavy atom. The molecule has 76 valence electrons. The molecule has 0 spiro atoms. The number of rotatable bonds is 4. The van der Waals surface area contributed by atoms with Gasteiger partial charge in [-0.1, -0.05) is 6.92 Å². The van der Waals surface area contributed by atoms with Crippen LogP contribution < -0.4 is 5.56 Å². The van der Waals surface area contributed by atoms with Crippen molar-refractivity contribution in [3.05, 3.63) is 27.9 Å². The van der Waals surface area contributed by atoms with E-state index in [1.54, 1.807) is 11.8 Å². The molecule has 1 aromatic rings. The first kappa shape index (κ1) is 10.8. The molecule has 0 aliphatic rings. The molecule has 14 heavy (non-hydrogen) atoms. The number of aromatic carboxylic acids is 1. The molecule has 1 heterocycles. The Balaban J connectivity index is 2.89. The standard InChI is InChI=1S/C8H10N2O3S/c1-2-14-4-6-9-3-5(8(12)13)7(11)10-6/h3H,2,4H2,1H3,(H,12,13)(H,9,10,11). The van der Waals surface area contributed by atoms with E-state index in [-0.39, 0.29) is 5.56 Å². The van der Waals surface area contributed by atoms with E-state index in [9.17, 15) is 9.59 Å². The number of aromatic amines is 1. The molecule has 0 aliphatic heterocycles. The van der Waals surface area contributed by atoms with E-state index in [1.165, 1.54) is 0 Å². The second-order valence-electron chi connectivity index (χ2n) is 2.51. The minimum absolute atomic E-state index is 0.324. The molecule has 0 bridgehead atoms. The Morgan fingerprint density at radius 1 is 1.71 bits per heavy atom. The lowest BCUT2D eigenvalue weighted by atomic mass is 10.3. The molecule has 0 aromatic carbocycles. The monoisotopic (exact) mass is 214 g/mol. The Hall–Kier alpha value is -1.30. The van der Waals surface area contributed by atoms with Gasteiger partial charge in [-0.25, -0.2) is 9.78 Å². The van der Waals surface area contributed by atoms with Crippen molar-refractivity contribution >= 4 is 17.7 Å². The Morgan fingerprint density at radius 3 is 2.93 bits per heavy atom. The molecule has 0 amide bonds. The average molecular weight is 214 g/mol. The lowest BCUT2D eigenvalue weighted by Crippen LogP contribution is -2.19. The third-order valence-electron chi connectivity index (χ3n) is 1.53. The number of hydrogen-bond acceptors (Lipinski definition) is 4. The molecule has 0 aliphatic carbocycles. The number of carbonyl (C=O) groups is 1. The first-order chi connectivity index (χ1) is 6.65. The van der Waals surface area contributed by atoms with Gasteiger partial charge in [-0.05, 0) is 5.75 Å². The van der Waals surface area contributed by atoms with E-state index in [0.29, 0.717) is 11.6 Å². The third kappa shape index (κ3) is 2.59. The summed E-state index contributed by atoms with van der Waals surface area (Å²) in [6.45, 7) is 1.99. The van der Waals surface area contributed by atoms with Crippen LogP contribution in [0.2, 0.25) is 0 Å². The summed E-state index contributed by atoms with van der Waals surface area (Å²) in [7, 11) is 0. The molecule has 6 heteroatoms. The van der Waals surface area contributed by atoms with E-state index in [0.717, 1.165) is 11.9 Å². The van der Waals surface area contributed by atoms with Crippen LogP contribution in [-0.2, 0) is 5.75 Å². The van der Waals surface area contributed by atoms with Gasteiger partial charge in [-0.15, -0.1) is 0 Å². The smallest absolute Gasteiger partial charge is 0.342 e. The van der Waals surface area contributed by atoms with Gasteiger partial charge in [0, 0.05) is 6.20 Å². The molecule has 0 saturated heterocycles. The van der Waals surface area contributed by atoms with Gasteiger partial charge in [-0.2, -0.15) is 11.8 Å². The van der Waals surface area contributed by atoms with Crippen molar-refractivity contribution in [1.29, 1.82) is 0 Å². The molecule has 1 aromatic heterocycles. The lowest BCUT2D eigenvalue weighted by molar-refractivity contribution is 0.0694. The maximum absolute atomic E-state index is 11.2. The number of carboxylic acids is 1. The first-order valence-corrected chi connectivity index (χ1v) is 5.20. The highest BCUT2D eigenvalue weighted by atomic mass is 32.2. The van der Waals surface area contributed by atoms with Crippen LogP contribution in [0.3, 0.4) is 0 Å². The van der Waals surface area contributed by atoms with Crippen molar-refractivity contribution < 1.29 is 9.90 Å². The van der Waals surface area contributed by atoms with E-state index in [4.69, 9.17) is 5.11 Å². The molecule has 0 radical (unpaired) electrons. The number of hydrogen-bond donors (Lipinski definition) is 2. The molecule has 5 nitrogen and oxygen atoms in total. The van der Waals surface area contributed by atoms with E-state index in [2.05, 4.69) is 9.97 Å². The van der Waals surface area contributed by atoms with Gasteiger partial charge < -0.3 is 10.1 Å². The SMILES string of the molecule is CCSCc1ncc(C(=O)O)c(=O)[nH]1. The Kier molecular flexibility index (Phi) is 3.70. The van der Waals surface area contributed by atoms with Gasteiger partial charge in [0.1, 0.15) is 11.4 Å². The quantitative estimate of drug-likeness (QED) is 0.771. The largest absolute Gasteiger partial charge is 0.477 e. The highest BCUT2D eigenvalue weighted by Crippen LogP contribution is 2.05. The molecule has 1 rings (SSSR count). The Bertz CT molecular complexity index is 388. The zero-order chi connectivity index (χ0) is 10.6. The van der Waals surface area contributed by atoms with E-state index >= 15 is 0 Å². The van der Waals surface area contributed by atoms with Gasteiger partial charge in [-0.3, -0.25) is 4.79 Å². The summed E-state index contributed by atoms with van der Waals surface area (Å²) in [4.78, 5) is 27.9. The predicted octanol–water partition coefficient (Wildman–Crippen LogP) is 0.721. The van der Waals surface area contributed by atoms with Crippen molar-refractivity contribution in [1.82, 2.24) is 9.97 Å². The average Bonchev–Trinajstić information content (AvgIpc) is 2.14. The van der Waals surface area contributed by atoms with Gasteiger partial charge in [0.2, 0.25) is 0 Å². The van der Waals surface area contributed by atoms with Gasteiger partial charge in [0.05, 0.1) is 5.75 Å². The van der Waals surface area contributed by atoms with Crippen LogP contribution in [0, 0.1) is 0 Å². The fourth-order valence-corrected chi connectivity index (χ4v) is 1.40. The molecule has 2 N–H and O–H groups in total. The third-order valence-corrected chi connectivity index (χ3v) is 2.41. The summed E-state index contributed by atoms with van der Waals surface area (Å²) in [6, 6.07) is 0. The van der Waals surface area contributed by atoms with Crippen LogP contribution >= 0.6 is 11.8 Å². The van der Waals surface area contributed by atoms with Crippen LogP contribution in [0.15, 0.2) is 11.0 Å². The maximum atomic E-state index is 11.2.